The summed E-state index contributed by atoms with van der Waals surface area (Å²) in [4.78, 5) is 13.4. The number of rotatable bonds is 3. The Morgan fingerprint density at radius 3 is 2.88 bits per heavy atom. The summed E-state index contributed by atoms with van der Waals surface area (Å²) in [5.74, 6) is -0.846. The molecular formula is C12H12FN3O. The largest absolute Gasteiger partial charge is 0.337 e. The second-order valence-corrected chi connectivity index (χ2v) is 3.75. The molecule has 0 unspecified atom stereocenters. The number of nitrogens with zero attached hydrogens (tertiary/aromatic N) is 2. The molecule has 0 bridgehead atoms. The molecule has 0 aliphatic rings. The molecule has 0 saturated carbocycles. The summed E-state index contributed by atoms with van der Waals surface area (Å²) in [6, 6.07) is 5.95. The molecule has 0 spiro atoms. The van der Waals surface area contributed by atoms with Gasteiger partial charge < -0.3 is 4.90 Å². The van der Waals surface area contributed by atoms with E-state index in [1.165, 1.54) is 17.0 Å². The van der Waals surface area contributed by atoms with E-state index >= 15 is 0 Å². The molecule has 5 heteroatoms. The van der Waals surface area contributed by atoms with Crippen LogP contribution in [-0.4, -0.2) is 28.1 Å². The fourth-order valence-corrected chi connectivity index (χ4v) is 1.55. The van der Waals surface area contributed by atoms with Crippen molar-refractivity contribution in [3.05, 3.63) is 53.6 Å². The number of H-pyrrole nitrogens is 1. The van der Waals surface area contributed by atoms with Gasteiger partial charge in [0.2, 0.25) is 0 Å². The van der Waals surface area contributed by atoms with Crippen molar-refractivity contribution in [2.75, 3.05) is 7.05 Å². The van der Waals surface area contributed by atoms with Crippen LogP contribution in [0.2, 0.25) is 0 Å². The van der Waals surface area contributed by atoms with Crippen LogP contribution in [0.15, 0.2) is 36.7 Å². The third-order valence-electron chi connectivity index (χ3n) is 2.43. The maximum atomic E-state index is 13.4. The summed E-state index contributed by atoms with van der Waals surface area (Å²) in [6.45, 7) is 0.393. The Labute approximate surface area is 98.1 Å². The van der Waals surface area contributed by atoms with Crippen molar-refractivity contribution in [1.29, 1.82) is 0 Å². The third-order valence-corrected chi connectivity index (χ3v) is 2.43. The minimum Gasteiger partial charge on any atom is -0.337 e. The Bertz CT molecular complexity index is 510. The lowest BCUT2D eigenvalue weighted by molar-refractivity contribution is 0.0780. The lowest BCUT2D eigenvalue weighted by Gasteiger charge is -2.16. The summed E-state index contributed by atoms with van der Waals surface area (Å²) >= 11 is 0. The van der Waals surface area contributed by atoms with E-state index in [0.29, 0.717) is 6.54 Å². The number of halogens is 1. The molecule has 0 saturated heterocycles. The van der Waals surface area contributed by atoms with E-state index in [-0.39, 0.29) is 11.5 Å². The summed E-state index contributed by atoms with van der Waals surface area (Å²) in [5, 5.41) is 6.45. The molecule has 0 atom stereocenters. The molecule has 88 valence electrons. The van der Waals surface area contributed by atoms with Crippen molar-refractivity contribution in [3.63, 3.8) is 0 Å². The standard InChI is InChI=1S/C12H12FN3O/c1-16(8-9-6-14-15-7-9)12(17)10-4-2-3-5-11(10)13/h2-7H,8H2,1H3,(H,14,15). The van der Waals surface area contributed by atoms with Gasteiger partial charge in [-0.3, -0.25) is 9.89 Å². The first kappa shape index (κ1) is 11.3. The first-order valence-corrected chi connectivity index (χ1v) is 5.16. The minimum absolute atomic E-state index is 0.0819. The molecule has 4 nitrogen and oxygen atoms in total. The van der Waals surface area contributed by atoms with Gasteiger partial charge in [0.1, 0.15) is 5.82 Å². The molecule has 1 aromatic carbocycles. The van der Waals surface area contributed by atoms with Crippen LogP contribution in [0.1, 0.15) is 15.9 Å². The third kappa shape index (κ3) is 2.50. The monoisotopic (exact) mass is 233 g/mol. The van der Waals surface area contributed by atoms with Gasteiger partial charge in [-0.25, -0.2) is 4.39 Å². The number of nitrogens with one attached hydrogen (secondary N) is 1. The number of benzene rings is 1. The molecule has 0 aliphatic heterocycles. The van der Waals surface area contributed by atoms with Crippen molar-refractivity contribution in [2.45, 2.75) is 6.54 Å². The first-order valence-electron chi connectivity index (χ1n) is 5.16. The van der Waals surface area contributed by atoms with Crippen LogP contribution in [0.4, 0.5) is 4.39 Å². The van der Waals surface area contributed by atoms with Crippen LogP contribution in [0.25, 0.3) is 0 Å². The van der Waals surface area contributed by atoms with E-state index in [1.807, 2.05) is 0 Å². The highest BCUT2D eigenvalue weighted by atomic mass is 19.1. The van der Waals surface area contributed by atoms with E-state index < -0.39 is 5.82 Å². The normalized spacial score (nSPS) is 10.2. The number of amides is 1. The molecular weight excluding hydrogens is 221 g/mol. The lowest BCUT2D eigenvalue weighted by Crippen LogP contribution is -2.26. The average molecular weight is 233 g/mol. The van der Waals surface area contributed by atoms with Crippen LogP contribution in [0, 0.1) is 5.82 Å². The summed E-state index contributed by atoms with van der Waals surface area (Å²) in [5.41, 5.74) is 0.954. The maximum Gasteiger partial charge on any atom is 0.256 e. The molecule has 0 fully saturated rings. The van der Waals surface area contributed by atoms with Gasteiger partial charge in [-0.05, 0) is 12.1 Å². The van der Waals surface area contributed by atoms with E-state index in [2.05, 4.69) is 10.2 Å². The molecule has 1 N–H and O–H groups in total. The van der Waals surface area contributed by atoms with Gasteiger partial charge in [0.25, 0.3) is 5.91 Å². The van der Waals surface area contributed by atoms with Crippen LogP contribution < -0.4 is 0 Å². The second kappa shape index (κ2) is 4.78. The van der Waals surface area contributed by atoms with Crippen LogP contribution in [-0.2, 0) is 6.54 Å². The van der Waals surface area contributed by atoms with E-state index in [9.17, 15) is 9.18 Å². The Hall–Kier alpha value is -2.17. The van der Waals surface area contributed by atoms with Crippen LogP contribution in [0.3, 0.4) is 0 Å². The predicted octanol–water partition coefficient (Wildman–Crippen LogP) is 1.82. The van der Waals surface area contributed by atoms with Gasteiger partial charge in [-0.15, -0.1) is 0 Å². The molecule has 1 aromatic heterocycles. The topological polar surface area (TPSA) is 49.0 Å². The zero-order chi connectivity index (χ0) is 12.3. The Kier molecular flexibility index (Phi) is 3.18. The van der Waals surface area contributed by atoms with Gasteiger partial charge in [0.05, 0.1) is 11.8 Å². The van der Waals surface area contributed by atoms with Gasteiger partial charge in [-0.1, -0.05) is 12.1 Å². The highest BCUT2D eigenvalue weighted by Crippen LogP contribution is 2.10. The van der Waals surface area contributed by atoms with Gasteiger partial charge in [-0.2, -0.15) is 5.10 Å². The van der Waals surface area contributed by atoms with E-state index in [4.69, 9.17) is 0 Å². The van der Waals surface area contributed by atoms with Crippen molar-refractivity contribution >= 4 is 5.91 Å². The molecule has 0 aliphatic carbocycles. The molecule has 17 heavy (non-hydrogen) atoms. The highest BCUT2D eigenvalue weighted by Gasteiger charge is 2.15. The molecule has 1 amide bonds. The highest BCUT2D eigenvalue weighted by molar-refractivity contribution is 5.94. The number of hydrogen-bond donors (Lipinski definition) is 1. The Morgan fingerprint density at radius 2 is 2.24 bits per heavy atom. The number of carbonyl (C=O) groups excluding carboxylic acids is 1. The molecule has 0 radical (unpaired) electrons. The quantitative estimate of drug-likeness (QED) is 0.879. The zero-order valence-electron chi connectivity index (χ0n) is 9.35. The molecule has 2 rings (SSSR count). The first-order chi connectivity index (χ1) is 8.18. The van der Waals surface area contributed by atoms with Crippen molar-refractivity contribution in [2.24, 2.45) is 0 Å². The average Bonchev–Trinajstić information content (AvgIpc) is 2.81. The number of carbonyl (C=O) groups is 1. The maximum absolute atomic E-state index is 13.4. The van der Waals surface area contributed by atoms with Gasteiger partial charge >= 0.3 is 0 Å². The van der Waals surface area contributed by atoms with Crippen LogP contribution in [0.5, 0.6) is 0 Å². The minimum atomic E-state index is -0.503. The number of hydrogen-bond acceptors (Lipinski definition) is 2. The summed E-state index contributed by atoms with van der Waals surface area (Å²) in [6.07, 6.45) is 3.33. The van der Waals surface area contributed by atoms with Crippen molar-refractivity contribution < 1.29 is 9.18 Å². The zero-order valence-corrected chi connectivity index (χ0v) is 9.35. The summed E-state index contributed by atoms with van der Waals surface area (Å²) < 4.78 is 13.4. The van der Waals surface area contributed by atoms with Crippen molar-refractivity contribution in [3.8, 4) is 0 Å². The predicted molar refractivity (Wildman–Crippen MR) is 60.8 cm³/mol. The van der Waals surface area contributed by atoms with Crippen molar-refractivity contribution in [1.82, 2.24) is 15.1 Å². The van der Waals surface area contributed by atoms with E-state index in [1.54, 1.807) is 31.6 Å². The van der Waals surface area contributed by atoms with E-state index in [0.717, 1.165) is 5.56 Å². The van der Waals surface area contributed by atoms with Gasteiger partial charge in [0.15, 0.2) is 0 Å². The molecule has 2 aromatic rings. The number of aromatic nitrogens is 2. The Morgan fingerprint density at radius 1 is 1.47 bits per heavy atom. The smallest absolute Gasteiger partial charge is 0.256 e. The van der Waals surface area contributed by atoms with Crippen LogP contribution >= 0.6 is 0 Å². The lowest BCUT2D eigenvalue weighted by atomic mass is 10.2. The summed E-state index contributed by atoms with van der Waals surface area (Å²) in [7, 11) is 1.63. The fraction of sp³-hybridized carbons (Fsp3) is 0.167. The Balaban J connectivity index is 2.13. The SMILES string of the molecule is CN(Cc1cn[nH]c1)C(=O)c1ccccc1F. The molecule has 1 heterocycles. The number of aromatic amines is 1. The fourth-order valence-electron chi connectivity index (χ4n) is 1.55. The van der Waals surface area contributed by atoms with Gasteiger partial charge in [0, 0.05) is 25.4 Å². The second-order valence-electron chi connectivity index (χ2n) is 3.75.